The fourth-order valence-electron chi connectivity index (χ4n) is 10.9. The highest BCUT2D eigenvalue weighted by Crippen LogP contribution is 2.64. The molecule has 8 heteroatoms. The highest BCUT2D eigenvalue weighted by molar-refractivity contribution is 5.98. The molecule has 14 rings (SSSR count). The minimum Gasteiger partial charge on any atom is -0.264 e. The van der Waals surface area contributed by atoms with Crippen molar-refractivity contribution in [3.63, 3.8) is 0 Å². The maximum Gasteiger partial charge on any atom is 0.0726 e. The standard InChI is InChI=1S/C65H40N8/c1-5-49(33-66-25-1)61-21-13-45(37-70-61)41-9-17-53-54-18-10-42(46-14-22-62(71-38-46)50-6-2-26-67-34-50)30-58(54)65(57(53)29-41)59-31-43(47-15-23-63(72-39-47)51-7-3-27-68-35-51)11-19-55(59)56-20-12-44(32-60(56)65)48-16-24-64(73-40-48)52-8-4-28-69-36-52/h1-40H. The molecule has 2 aliphatic rings. The van der Waals surface area contributed by atoms with E-state index < -0.39 is 5.41 Å². The number of aromatic nitrogens is 8. The molecule has 0 saturated heterocycles. The summed E-state index contributed by atoms with van der Waals surface area (Å²) in [6.07, 6.45) is 22.5. The van der Waals surface area contributed by atoms with Gasteiger partial charge in [-0.25, -0.2) is 0 Å². The van der Waals surface area contributed by atoms with Crippen molar-refractivity contribution in [3.8, 4) is 112 Å². The van der Waals surface area contributed by atoms with Gasteiger partial charge in [0.2, 0.25) is 0 Å². The molecule has 0 fully saturated rings. The number of hydrogen-bond acceptors (Lipinski definition) is 8. The lowest BCUT2D eigenvalue weighted by molar-refractivity contribution is 0.795. The molecule has 4 aromatic carbocycles. The first-order valence-electron chi connectivity index (χ1n) is 24.2. The predicted octanol–water partition coefficient (Wildman–Crippen LogP) is 14.5. The third-order valence-electron chi connectivity index (χ3n) is 14.5. The van der Waals surface area contributed by atoms with Gasteiger partial charge in [-0.1, -0.05) is 72.8 Å². The Balaban J connectivity index is 0.987. The van der Waals surface area contributed by atoms with Gasteiger partial charge in [-0.2, -0.15) is 0 Å². The van der Waals surface area contributed by atoms with Crippen molar-refractivity contribution < 1.29 is 0 Å². The summed E-state index contributed by atoms with van der Waals surface area (Å²) in [6.45, 7) is 0. The lowest BCUT2D eigenvalue weighted by atomic mass is 9.69. The number of pyridine rings is 8. The van der Waals surface area contributed by atoms with Crippen LogP contribution in [0.3, 0.4) is 0 Å². The van der Waals surface area contributed by atoms with Crippen LogP contribution in [0.5, 0.6) is 0 Å². The van der Waals surface area contributed by atoms with Crippen molar-refractivity contribution in [1.29, 1.82) is 0 Å². The predicted molar refractivity (Wildman–Crippen MR) is 289 cm³/mol. The molecule has 0 atom stereocenters. The van der Waals surface area contributed by atoms with Gasteiger partial charge >= 0.3 is 0 Å². The fourth-order valence-corrected chi connectivity index (χ4v) is 10.9. The zero-order valence-electron chi connectivity index (χ0n) is 39.2. The molecule has 12 aromatic rings. The first kappa shape index (κ1) is 42.0. The van der Waals surface area contributed by atoms with E-state index in [1.54, 1.807) is 24.8 Å². The molecule has 8 aromatic heterocycles. The Morgan fingerprint density at radius 2 is 0.466 bits per heavy atom. The van der Waals surface area contributed by atoms with E-state index in [1.165, 1.54) is 44.5 Å². The van der Waals surface area contributed by atoms with Crippen molar-refractivity contribution in [3.05, 3.63) is 266 Å². The maximum absolute atomic E-state index is 4.96. The Hall–Kier alpha value is -9.92. The molecule has 0 N–H and O–H groups in total. The van der Waals surface area contributed by atoms with Crippen LogP contribution in [0.15, 0.2) is 244 Å². The van der Waals surface area contributed by atoms with Crippen LogP contribution >= 0.6 is 0 Å². The molecule has 73 heavy (non-hydrogen) atoms. The molecule has 8 heterocycles. The summed E-state index contributed by atoms with van der Waals surface area (Å²) in [5.41, 5.74) is 24.7. The third-order valence-corrected chi connectivity index (χ3v) is 14.5. The van der Waals surface area contributed by atoms with Crippen molar-refractivity contribution >= 4 is 0 Å². The number of fused-ring (bicyclic) bond motifs is 10. The van der Waals surface area contributed by atoms with E-state index in [9.17, 15) is 0 Å². The molecule has 0 unspecified atom stereocenters. The van der Waals surface area contributed by atoms with E-state index in [2.05, 4.69) is 141 Å². The molecular weight excluding hydrogens is 893 g/mol. The van der Waals surface area contributed by atoms with Gasteiger partial charge < -0.3 is 0 Å². The first-order valence-corrected chi connectivity index (χ1v) is 24.2. The number of benzene rings is 4. The maximum atomic E-state index is 4.96. The summed E-state index contributed by atoms with van der Waals surface area (Å²) in [4.78, 5) is 37.2. The average Bonchev–Trinajstić information content (AvgIpc) is 3.94. The molecule has 2 aliphatic carbocycles. The van der Waals surface area contributed by atoms with Gasteiger partial charge in [0.05, 0.1) is 28.2 Å². The van der Waals surface area contributed by atoms with E-state index in [4.69, 9.17) is 19.9 Å². The average molecular weight is 933 g/mol. The summed E-state index contributed by atoms with van der Waals surface area (Å²) < 4.78 is 0. The molecule has 0 radical (unpaired) electrons. The number of nitrogens with zero attached hydrogens (tertiary/aromatic N) is 8. The van der Waals surface area contributed by atoms with Crippen molar-refractivity contribution in [1.82, 2.24) is 39.9 Å². The van der Waals surface area contributed by atoms with Crippen LogP contribution in [-0.2, 0) is 5.41 Å². The van der Waals surface area contributed by atoms with Crippen LogP contribution in [0, 0.1) is 0 Å². The van der Waals surface area contributed by atoms with E-state index in [0.717, 1.165) is 89.5 Å². The molecule has 0 saturated carbocycles. The van der Waals surface area contributed by atoms with Gasteiger partial charge in [-0.3, -0.25) is 39.9 Å². The molecule has 0 bridgehead atoms. The van der Waals surface area contributed by atoms with Gasteiger partial charge in [0.1, 0.15) is 0 Å². The van der Waals surface area contributed by atoms with Crippen molar-refractivity contribution in [2.45, 2.75) is 5.41 Å². The van der Waals surface area contributed by atoms with E-state index in [0.29, 0.717) is 0 Å². The Morgan fingerprint density at radius 3 is 0.671 bits per heavy atom. The Kier molecular flexibility index (Phi) is 9.89. The Labute approximate surface area is 421 Å². The lowest BCUT2D eigenvalue weighted by Crippen LogP contribution is -2.26. The number of rotatable bonds is 8. The van der Waals surface area contributed by atoms with Crippen molar-refractivity contribution in [2.75, 3.05) is 0 Å². The summed E-state index contributed by atoms with van der Waals surface area (Å²) >= 11 is 0. The minimum atomic E-state index is -0.744. The molecule has 340 valence electrons. The fraction of sp³-hybridized carbons (Fsp3) is 0.0154. The molecule has 0 amide bonds. The zero-order chi connectivity index (χ0) is 48.3. The van der Waals surface area contributed by atoms with Gasteiger partial charge in [0.25, 0.3) is 0 Å². The second kappa shape index (κ2) is 17.2. The van der Waals surface area contributed by atoms with E-state index in [-0.39, 0.29) is 0 Å². The van der Waals surface area contributed by atoms with Gasteiger partial charge in [0.15, 0.2) is 0 Å². The zero-order valence-corrected chi connectivity index (χ0v) is 39.2. The Bertz CT molecular complexity index is 3480. The topological polar surface area (TPSA) is 103 Å². The molecule has 8 nitrogen and oxygen atoms in total. The second-order valence-corrected chi connectivity index (χ2v) is 18.5. The molecule has 1 spiro atoms. The highest BCUT2D eigenvalue weighted by Gasteiger charge is 2.52. The molecular formula is C65H40N8. The normalized spacial score (nSPS) is 12.5. The lowest BCUT2D eigenvalue weighted by Gasteiger charge is -2.32. The van der Waals surface area contributed by atoms with Crippen LogP contribution in [0.4, 0.5) is 0 Å². The SMILES string of the molecule is c1cncc(-c2ccc(-c3ccc4c(c3)C3(c5cc(-c6ccc(-c7cccnc7)nc6)ccc5-4)c4cc(-c5ccc(-c6cccnc6)nc5)ccc4-c4ccc(-c5ccc(-c6cccnc6)nc5)cc43)cn2)c1. The minimum absolute atomic E-state index is 0.744. The van der Waals surface area contributed by atoms with Gasteiger partial charge in [0, 0.05) is 119 Å². The van der Waals surface area contributed by atoms with Crippen LogP contribution in [0.25, 0.3) is 112 Å². The summed E-state index contributed by atoms with van der Waals surface area (Å²) in [5, 5.41) is 0. The van der Waals surface area contributed by atoms with Gasteiger partial charge in [-0.15, -0.1) is 0 Å². The summed E-state index contributed by atoms with van der Waals surface area (Å²) in [7, 11) is 0. The quantitative estimate of drug-likeness (QED) is 0.148. The summed E-state index contributed by atoms with van der Waals surface area (Å²) in [5.74, 6) is 0. The Morgan fingerprint density at radius 1 is 0.219 bits per heavy atom. The van der Waals surface area contributed by atoms with E-state index >= 15 is 0 Å². The van der Waals surface area contributed by atoms with Crippen LogP contribution < -0.4 is 0 Å². The van der Waals surface area contributed by atoms with Crippen LogP contribution in [-0.4, -0.2) is 39.9 Å². The van der Waals surface area contributed by atoms with Crippen molar-refractivity contribution in [2.24, 2.45) is 0 Å². The highest BCUT2D eigenvalue weighted by atomic mass is 14.7. The van der Waals surface area contributed by atoms with Crippen LogP contribution in [0.2, 0.25) is 0 Å². The monoisotopic (exact) mass is 932 g/mol. The largest absolute Gasteiger partial charge is 0.264 e. The smallest absolute Gasteiger partial charge is 0.0726 e. The number of hydrogen-bond donors (Lipinski definition) is 0. The van der Waals surface area contributed by atoms with Crippen LogP contribution in [0.1, 0.15) is 22.3 Å². The second-order valence-electron chi connectivity index (χ2n) is 18.5. The first-order chi connectivity index (χ1) is 36.2. The third kappa shape index (κ3) is 7.07. The van der Waals surface area contributed by atoms with Gasteiger partial charge in [-0.05, 0) is 164 Å². The molecule has 0 aliphatic heterocycles. The summed E-state index contributed by atoms with van der Waals surface area (Å²) in [6, 6.07) is 60.8. The van der Waals surface area contributed by atoms with E-state index in [1.807, 2.05) is 98.1 Å².